The maximum Gasteiger partial charge on any atom is 0.335 e. The zero-order chi connectivity index (χ0) is 17.8. The minimum absolute atomic E-state index is 0.162. The van der Waals surface area contributed by atoms with Crippen LogP contribution in [-0.2, 0) is 0 Å². The summed E-state index contributed by atoms with van der Waals surface area (Å²) in [6.07, 6.45) is 1.55. The molecule has 0 radical (unpaired) electrons. The van der Waals surface area contributed by atoms with Gasteiger partial charge in [-0.05, 0) is 48.0 Å². The van der Waals surface area contributed by atoms with Crippen molar-refractivity contribution in [3.63, 3.8) is 0 Å². The summed E-state index contributed by atoms with van der Waals surface area (Å²) in [6.45, 7) is 0. The third-order valence-corrected chi connectivity index (χ3v) is 3.58. The summed E-state index contributed by atoms with van der Waals surface area (Å²) in [7, 11) is 0. The molecule has 0 aliphatic carbocycles. The average Bonchev–Trinajstić information content (AvgIpc) is 3.09. The Morgan fingerprint density at radius 3 is 2.52 bits per heavy atom. The molecule has 0 amide bonds. The summed E-state index contributed by atoms with van der Waals surface area (Å²) in [6, 6.07) is 17.4. The highest BCUT2D eigenvalue weighted by Gasteiger charge is 2.09. The third-order valence-electron chi connectivity index (χ3n) is 3.58. The molecular weight excluding hydrogens is 321 g/mol. The highest BCUT2D eigenvalue weighted by molar-refractivity contribution is 5.90. The van der Waals surface area contributed by atoms with Gasteiger partial charge in [0.1, 0.15) is 17.3 Å². The second-order valence-electron chi connectivity index (χ2n) is 5.26. The minimum Gasteiger partial charge on any atom is -0.478 e. The van der Waals surface area contributed by atoms with Crippen LogP contribution in [0.4, 0.5) is 4.39 Å². The molecule has 1 heterocycles. The number of nitrogens with zero attached hydrogens (tertiary/aromatic N) is 1. The Kier molecular flexibility index (Phi) is 4.44. The van der Waals surface area contributed by atoms with Gasteiger partial charge in [-0.15, -0.1) is 0 Å². The van der Waals surface area contributed by atoms with Crippen LogP contribution in [0.15, 0.2) is 65.1 Å². The first-order valence-electron chi connectivity index (χ1n) is 7.38. The van der Waals surface area contributed by atoms with Crippen LogP contribution in [0.1, 0.15) is 21.7 Å². The molecule has 3 aromatic rings. The maximum atomic E-state index is 13.0. The Morgan fingerprint density at radius 1 is 1.08 bits per heavy atom. The van der Waals surface area contributed by atoms with Crippen molar-refractivity contribution >= 4 is 17.6 Å². The van der Waals surface area contributed by atoms with Gasteiger partial charge in [0.05, 0.1) is 17.2 Å². The fourth-order valence-electron chi connectivity index (χ4n) is 2.34. The molecule has 5 heteroatoms. The SMILES string of the molecule is N#CC(=Cc1ccc(-c2cccc(C(=O)O)c2)o1)c1ccc(F)cc1. The van der Waals surface area contributed by atoms with Crippen molar-refractivity contribution in [2.45, 2.75) is 0 Å². The number of aromatic carboxylic acids is 1. The van der Waals surface area contributed by atoms with Gasteiger partial charge in [0.15, 0.2) is 0 Å². The van der Waals surface area contributed by atoms with Crippen LogP contribution >= 0.6 is 0 Å². The number of furan rings is 1. The lowest BCUT2D eigenvalue weighted by Gasteiger charge is -2.00. The number of hydrogen-bond acceptors (Lipinski definition) is 3. The van der Waals surface area contributed by atoms with Gasteiger partial charge < -0.3 is 9.52 Å². The van der Waals surface area contributed by atoms with Crippen molar-refractivity contribution in [1.82, 2.24) is 0 Å². The van der Waals surface area contributed by atoms with Gasteiger partial charge in [0.2, 0.25) is 0 Å². The van der Waals surface area contributed by atoms with Gasteiger partial charge in [0.25, 0.3) is 0 Å². The van der Waals surface area contributed by atoms with Crippen LogP contribution in [0.2, 0.25) is 0 Å². The molecule has 3 rings (SSSR count). The van der Waals surface area contributed by atoms with Crippen molar-refractivity contribution in [1.29, 1.82) is 5.26 Å². The first-order chi connectivity index (χ1) is 12.1. The number of carbonyl (C=O) groups is 1. The van der Waals surface area contributed by atoms with Gasteiger partial charge in [-0.3, -0.25) is 0 Å². The standard InChI is InChI=1S/C20H12FNO3/c21-17-6-4-13(5-7-17)16(12-22)11-18-8-9-19(25-18)14-2-1-3-15(10-14)20(23)24/h1-11H,(H,23,24). The molecule has 0 saturated heterocycles. The van der Waals surface area contributed by atoms with Crippen molar-refractivity contribution in [3.8, 4) is 17.4 Å². The number of allylic oxidation sites excluding steroid dienone is 1. The van der Waals surface area contributed by atoms with Crippen LogP contribution in [0.3, 0.4) is 0 Å². The number of hydrogen-bond donors (Lipinski definition) is 1. The second-order valence-corrected chi connectivity index (χ2v) is 5.26. The number of halogens is 1. The quantitative estimate of drug-likeness (QED) is 0.693. The molecule has 4 nitrogen and oxygen atoms in total. The van der Waals surface area contributed by atoms with E-state index < -0.39 is 5.97 Å². The van der Waals surface area contributed by atoms with E-state index in [1.165, 1.54) is 36.4 Å². The Hall–Kier alpha value is -3.65. The van der Waals surface area contributed by atoms with Crippen molar-refractivity contribution < 1.29 is 18.7 Å². The second kappa shape index (κ2) is 6.85. The summed E-state index contributed by atoms with van der Waals surface area (Å²) in [5.74, 6) is -0.460. The molecule has 2 aromatic carbocycles. The molecule has 0 bridgehead atoms. The molecule has 122 valence electrons. The van der Waals surface area contributed by atoms with Crippen molar-refractivity contribution in [3.05, 3.63) is 83.4 Å². The highest BCUT2D eigenvalue weighted by Crippen LogP contribution is 2.26. The Labute approximate surface area is 143 Å². The van der Waals surface area contributed by atoms with Crippen LogP contribution < -0.4 is 0 Å². The van der Waals surface area contributed by atoms with E-state index >= 15 is 0 Å². The molecule has 0 unspecified atom stereocenters. The van der Waals surface area contributed by atoms with E-state index in [2.05, 4.69) is 6.07 Å². The molecule has 1 N–H and O–H groups in total. The Bertz CT molecular complexity index is 994. The largest absolute Gasteiger partial charge is 0.478 e. The zero-order valence-electron chi connectivity index (χ0n) is 12.9. The topological polar surface area (TPSA) is 74.2 Å². The normalized spacial score (nSPS) is 11.1. The summed E-state index contributed by atoms with van der Waals surface area (Å²) in [5, 5.41) is 18.4. The molecule has 25 heavy (non-hydrogen) atoms. The van der Waals surface area contributed by atoms with Gasteiger partial charge in [-0.2, -0.15) is 5.26 Å². The molecule has 0 aliphatic heterocycles. The van der Waals surface area contributed by atoms with Gasteiger partial charge >= 0.3 is 5.97 Å². The summed E-state index contributed by atoms with van der Waals surface area (Å²) in [5.41, 5.74) is 1.70. The number of rotatable bonds is 4. The predicted octanol–water partition coefficient (Wildman–Crippen LogP) is 4.85. The van der Waals surface area contributed by atoms with Crippen molar-refractivity contribution in [2.75, 3.05) is 0 Å². The van der Waals surface area contributed by atoms with E-state index in [-0.39, 0.29) is 11.4 Å². The Morgan fingerprint density at radius 2 is 1.84 bits per heavy atom. The van der Waals surface area contributed by atoms with Crippen molar-refractivity contribution in [2.24, 2.45) is 0 Å². The molecule has 1 aromatic heterocycles. The first kappa shape index (κ1) is 16.2. The summed E-state index contributed by atoms with van der Waals surface area (Å²) in [4.78, 5) is 11.1. The third kappa shape index (κ3) is 3.65. The molecule has 0 aliphatic rings. The van der Waals surface area contributed by atoms with E-state index in [1.54, 1.807) is 30.3 Å². The molecular formula is C20H12FNO3. The van der Waals surface area contributed by atoms with E-state index in [9.17, 15) is 14.4 Å². The van der Waals surface area contributed by atoms with Crippen LogP contribution in [0, 0.1) is 17.1 Å². The lowest BCUT2D eigenvalue weighted by Crippen LogP contribution is -1.95. The van der Waals surface area contributed by atoms with E-state index in [0.29, 0.717) is 28.2 Å². The fourth-order valence-corrected chi connectivity index (χ4v) is 2.34. The van der Waals surface area contributed by atoms with E-state index in [1.807, 2.05) is 0 Å². The van der Waals surface area contributed by atoms with E-state index in [4.69, 9.17) is 9.52 Å². The molecule has 0 atom stereocenters. The van der Waals surface area contributed by atoms with Crippen LogP contribution in [-0.4, -0.2) is 11.1 Å². The lowest BCUT2D eigenvalue weighted by molar-refractivity contribution is 0.0697. The van der Waals surface area contributed by atoms with Crippen LogP contribution in [0.25, 0.3) is 23.0 Å². The van der Waals surface area contributed by atoms with Gasteiger partial charge in [0, 0.05) is 5.56 Å². The van der Waals surface area contributed by atoms with E-state index in [0.717, 1.165) is 0 Å². The molecule has 0 saturated carbocycles. The number of carboxylic acids is 1. The number of benzene rings is 2. The predicted molar refractivity (Wildman–Crippen MR) is 91.0 cm³/mol. The molecule has 0 spiro atoms. The highest BCUT2D eigenvalue weighted by atomic mass is 19.1. The first-order valence-corrected chi connectivity index (χ1v) is 7.38. The maximum absolute atomic E-state index is 13.0. The zero-order valence-corrected chi connectivity index (χ0v) is 12.9. The minimum atomic E-state index is -1.02. The Balaban J connectivity index is 1.93. The molecule has 0 fully saturated rings. The summed E-state index contributed by atoms with van der Waals surface area (Å²) < 4.78 is 18.7. The fraction of sp³-hybridized carbons (Fsp3) is 0. The van der Waals surface area contributed by atoms with Gasteiger partial charge in [-0.1, -0.05) is 24.3 Å². The van der Waals surface area contributed by atoms with Crippen LogP contribution in [0.5, 0.6) is 0 Å². The smallest absolute Gasteiger partial charge is 0.335 e. The van der Waals surface area contributed by atoms with Gasteiger partial charge in [-0.25, -0.2) is 9.18 Å². The lowest BCUT2D eigenvalue weighted by atomic mass is 10.1. The average molecular weight is 333 g/mol. The summed E-state index contributed by atoms with van der Waals surface area (Å²) >= 11 is 0. The number of carboxylic acid groups (broad SMARTS) is 1. The monoisotopic (exact) mass is 333 g/mol. The number of nitriles is 1.